The second-order valence-electron chi connectivity index (χ2n) is 5.08. The first-order valence-corrected chi connectivity index (χ1v) is 8.38. The Kier molecular flexibility index (Phi) is 6.76. The van der Waals surface area contributed by atoms with E-state index in [0.29, 0.717) is 22.5 Å². The molecule has 7 nitrogen and oxygen atoms in total. The van der Waals surface area contributed by atoms with Gasteiger partial charge in [0.2, 0.25) is 0 Å². The number of amides is 1. The number of rotatable bonds is 8. The molecule has 0 saturated carbocycles. The summed E-state index contributed by atoms with van der Waals surface area (Å²) in [5.74, 6) is 0.837. The number of carbonyl (C=O) groups excluding carboxylic acids is 1. The van der Waals surface area contributed by atoms with Crippen LogP contribution >= 0.6 is 15.9 Å². The van der Waals surface area contributed by atoms with Crippen LogP contribution in [0.3, 0.4) is 0 Å². The van der Waals surface area contributed by atoms with Gasteiger partial charge in [0.1, 0.15) is 11.5 Å². The van der Waals surface area contributed by atoms with E-state index in [1.165, 1.54) is 18.2 Å². The number of carbonyl (C=O) groups is 1. The van der Waals surface area contributed by atoms with E-state index in [1.54, 1.807) is 24.3 Å². The number of halogens is 1. The maximum absolute atomic E-state index is 12.0. The molecular weight excluding hydrogens is 392 g/mol. The van der Waals surface area contributed by atoms with Crippen LogP contribution in [0.2, 0.25) is 0 Å². The maximum atomic E-state index is 12.0. The normalized spacial score (nSPS) is 10.2. The summed E-state index contributed by atoms with van der Waals surface area (Å²) < 4.78 is 11.4. The average Bonchev–Trinajstić information content (AvgIpc) is 2.60. The Labute approximate surface area is 153 Å². The molecule has 0 atom stereocenters. The standard InChI is InChI=1S/C17H17BrN2O5/c1-2-9-24-13-4-6-14(7-5-13)25-11-17(21)19-16-10-12(20(22)23)3-8-15(16)18/h3-8,10H,2,9,11H2,1H3,(H,19,21). The summed E-state index contributed by atoms with van der Waals surface area (Å²) in [4.78, 5) is 22.2. The summed E-state index contributed by atoms with van der Waals surface area (Å²) in [5, 5.41) is 13.4. The number of nitro benzene ring substituents is 1. The van der Waals surface area contributed by atoms with E-state index in [9.17, 15) is 14.9 Å². The Morgan fingerprint density at radius 3 is 2.40 bits per heavy atom. The molecule has 0 aliphatic carbocycles. The largest absolute Gasteiger partial charge is 0.494 e. The fourth-order valence-corrected chi connectivity index (χ4v) is 2.26. The summed E-state index contributed by atoms with van der Waals surface area (Å²) >= 11 is 3.24. The van der Waals surface area contributed by atoms with Gasteiger partial charge in [-0.05, 0) is 52.7 Å². The van der Waals surface area contributed by atoms with Gasteiger partial charge in [0.15, 0.2) is 6.61 Å². The number of non-ortho nitro benzene ring substituents is 1. The van der Waals surface area contributed by atoms with Crippen LogP contribution in [0.25, 0.3) is 0 Å². The van der Waals surface area contributed by atoms with Gasteiger partial charge in [-0.3, -0.25) is 14.9 Å². The molecular formula is C17H17BrN2O5. The smallest absolute Gasteiger partial charge is 0.271 e. The molecule has 0 bridgehead atoms. The third kappa shape index (κ3) is 5.75. The van der Waals surface area contributed by atoms with Gasteiger partial charge in [0.25, 0.3) is 11.6 Å². The van der Waals surface area contributed by atoms with Crippen molar-refractivity contribution in [1.82, 2.24) is 0 Å². The predicted octanol–water partition coefficient (Wildman–Crippen LogP) is 4.16. The molecule has 0 aliphatic rings. The molecule has 0 heterocycles. The number of anilines is 1. The van der Waals surface area contributed by atoms with Gasteiger partial charge in [-0.1, -0.05) is 6.92 Å². The van der Waals surface area contributed by atoms with Gasteiger partial charge in [0.05, 0.1) is 17.2 Å². The Hall–Kier alpha value is -2.61. The lowest BCUT2D eigenvalue weighted by atomic mass is 10.3. The molecule has 0 aromatic heterocycles. The van der Waals surface area contributed by atoms with E-state index in [1.807, 2.05) is 6.92 Å². The van der Waals surface area contributed by atoms with E-state index in [4.69, 9.17) is 9.47 Å². The summed E-state index contributed by atoms with van der Waals surface area (Å²) in [5.41, 5.74) is 0.202. The van der Waals surface area contributed by atoms with Crippen molar-refractivity contribution in [2.24, 2.45) is 0 Å². The van der Waals surface area contributed by atoms with Crippen molar-refractivity contribution in [3.63, 3.8) is 0 Å². The molecule has 132 valence electrons. The predicted molar refractivity (Wildman–Crippen MR) is 97.1 cm³/mol. The zero-order valence-electron chi connectivity index (χ0n) is 13.5. The summed E-state index contributed by atoms with van der Waals surface area (Å²) in [6.45, 7) is 2.45. The van der Waals surface area contributed by atoms with E-state index >= 15 is 0 Å². The molecule has 2 rings (SSSR count). The molecule has 8 heteroatoms. The van der Waals surface area contributed by atoms with Gasteiger partial charge < -0.3 is 14.8 Å². The summed E-state index contributed by atoms with van der Waals surface area (Å²) in [7, 11) is 0. The van der Waals surface area contributed by atoms with Crippen LogP contribution < -0.4 is 14.8 Å². The van der Waals surface area contributed by atoms with Gasteiger partial charge in [0, 0.05) is 16.6 Å². The molecule has 2 aromatic rings. The number of nitrogens with one attached hydrogen (secondary N) is 1. The Balaban J connectivity index is 1.90. The van der Waals surface area contributed by atoms with Crippen LogP contribution in [0.15, 0.2) is 46.9 Å². The van der Waals surface area contributed by atoms with Crippen LogP contribution in [0.5, 0.6) is 11.5 Å². The fraction of sp³-hybridized carbons (Fsp3) is 0.235. The van der Waals surface area contributed by atoms with Crippen LogP contribution in [-0.2, 0) is 4.79 Å². The van der Waals surface area contributed by atoms with Crippen molar-refractivity contribution < 1.29 is 19.2 Å². The third-order valence-corrected chi connectivity index (χ3v) is 3.79. The second-order valence-corrected chi connectivity index (χ2v) is 5.93. The number of ether oxygens (including phenoxy) is 2. The molecule has 1 amide bonds. The minimum Gasteiger partial charge on any atom is -0.494 e. The highest BCUT2D eigenvalue weighted by Crippen LogP contribution is 2.27. The minimum absolute atomic E-state index is 0.109. The van der Waals surface area contributed by atoms with Crippen molar-refractivity contribution in [3.8, 4) is 11.5 Å². The zero-order chi connectivity index (χ0) is 18.2. The van der Waals surface area contributed by atoms with Crippen molar-refractivity contribution >= 4 is 33.2 Å². The monoisotopic (exact) mass is 408 g/mol. The Morgan fingerprint density at radius 2 is 1.80 bits per heavy atom. The van der Waals surface area contributed by atoms with Crippen LogP contribution in [0.4, 0.5) is 11.4 Å². The van der Waals surface area contributed by atoms with Gasteiger partial charge in [-0.15, -0.1) is 0 Å². The average molecular weight is 409 g/mol. The molecule has 0 saturated heterocycles. The highest BCUT2D eigenvalue weighted by molar-refractivity contribution is 9.10. The number of nitro groups is 1. The molecule has 25 heavy (non-hydrogen) atoms. The molecule has 2 aromatic carbocycles. The Morgan fingerprint density at radius 1 is 1.16 bits per heavy atom. The number of hydrogen-bond donors (Lipinski definition) is 1. The second kappa shape index (κ2) is 9.03. The van der Waals surface area contributed by atoms with Crippen LogP contribution in [0, 0.1) is 10.1 Å². The van der Waals surface area contributed by atoms with Gasteiger partial charge in [-0.25, -0.2) is 0 Å². The highest BCUT2D eigenvalue weighted by atomic mass is 79.9. The Bertz CT molecular complexity index is 749. The number of hydrogen-bond acceptors (Lipinski definition) is 5. The molecule has 0 fully saturated rings. The molecule has 0 aliphatic heterocycles. The van der Waals surface area contributed by atoms with Crippen molar-refractivity contribution in [1.29, 1.82) is 0 Å². The lowest BCUT2D eigenvalue weighted by Gasteiger charge is -2.10. The quantitative estimate of drug-likeness (QED) is 0.522. The summed E-state index contributed by atoms with van der Waals surface area (Å²) in [6, 6.07) is 11.1. The van der Waals surface area contributed by atoms with Crippen molar-refractivity contribution in [3.05, 3.63) is 57.1 Å². The number of nitrogens with zero attached hydrogens (tertiary/aromatic N) is 1. The van der Waals surface area contributed by atoms with Gasteiger partial charge >= 0.3 is 0 Å². The van der Waals surface area contributed by atoms with E-state index in [2.05, 4.69) is 21.2 Å². The third-order valence-electron chi connectivity index (χ3n) is 3.10. The van der Waals surface area contributed by atoms with Crippen molar-refractivity contribution in [2.75, 3.05) is 18.5 Å². The highest BCUT2D eigenvalue weighted by Gasteiger charge is 2.12. The molecule has 0 spiro atoms. The van der Waals surface area contributed by atoms with E-state index in [-0.39, 0.29) is 12.3 Å². The first-order valence-electron chi connectivity index (χ1n) is 7.59. The summed E-state index contributed by atoms with van der Waals surface area (Å²) in [6.07, 6.45) is 0.922. The number of benzene rings is 2. The molecule has 1 N–H and O–H groups in total. The van der Waals surface area contributed by atoms with Gasteiger partial charge in [-0.2, -0.15) is 0 Å². The van der Waals surface area contributed by atoms with Crippen molar-refractivity contribution in [2.45, 2.75) is 13.3 Å². The maximum Gasteiger partial charge on any atom is 0.271 e. The van der Waals surface area contributed by atoms with Crippen LogP contribution in [0.1, 0.15) is 13.3 Å². The SMILES string of the molecule is CCCOc1ccc(OCC(=O)Nc2cc([N+](=O)[O-])ccc2Br)cc1. The van der Waals surface area contributed by atoms with E-state index in [0.717, 1.165) is 12.2 Å². The molecule has 0 radical (unpaired) electrons. The van der Waals surface area contributed by atoms with Crippen LogP contribution in [-0.4, -0.2) is 24.0 Å². The lowest BCUT2D eigenvalue weighted by molar-refractivity contribution is -0.384. The first kappa shape index (κ1) is 18.7. The first-order chi connectivity index (χ1) is 12.0. The zero-order valence-corrected chi connectivity index (χ0v) is 15.1. The van der Waals surface area contributed by atoms with E-state index < -0.39 is 10.8 Å². The topological polar surface area (TPSA) is 90.7 Å². The minimum atomic E-state index is -0.527. The fourth-order valence-electron chi connectivity index (χ4n) is 1.91. The molecule has 0 unspecified atom stereocenters. The lowest BCUT2D eigenvalue weighted by Crippen LogP contribution is -2.20.